The molecule has 1 heterocycles. The molecule has 1 saturated heterocycles. The Kier molecular flexibility index (Phi) is 3.08. The van der Waals surface area contributed by atoms with E-state index in [-0.39, 0.29) is 23.3 Å². The minimum Gasteiger partial charge on any atom is -0.298 e. The monoisotopic (exact) mass is 205 g/mol. The van der Waals surface area contributed by atoms with Crippen molar-refractivity contribution in [3.05, 3.63) is 0 Å². The molecule has 1 rings (SSSR count). The molecule has 5 heteroatoms. The van der Waals surface area contributed by atoms with Gasteiger partial charge in [0, 0.05) is 6.42 Å². The van der Waals surface area contributed by atoms with Gasteiger partial charge in [-0.3, -0.25) is 10.1 Å². The molecular weight excluding hydrogens is 190 g/mol. The van der Waals surface area contributed by atoms with Gasteiger partial charge in [0.1, 0.15) is 0 Å². The number of ketones is 1. The fraction of sp³-hybridized carbons (Fsp3) is 0.875. The highest BCUT2D eigenvalue weighted by atomic mass is 32.2. The predicted molar refractivity (Wildman–Crippen MR) is 50.0 cm³/mol. The molecule has 1 N–H and O–H groups in total. The van der Waals surface area contributed by atoms with Crippen molar-refractivity contribution < 1.29 is 13.2 Å². The van der Waals surface area contributed by atoms with E-state index in [0.717, 1.165) is 0 Å². The Hall–Kier alpha value is -0.420. The Morgan fingerprint density at radius 2 is 2.15 bits per heavy atom. The molecule has 13 heavy (non-hydrogen) atoms. The maximum atomic E-state index is 11.4. The molecule has 1 aliphatic heterocycles. The third-order valence-corrected chi connectivity index (χ3v) is 3.42. The van der Waals surface area contributed by atoms with Crippen molar-refractivity contribution in [1.29, 1.82) is 0 Å². The summed E-state index contributed by atoms with van der Waals surface area (Å²) in [5, 5.41) is 2.71. The molecule has 0 saturated carbocycles. The molecule has 0 aromatic rings. The number of Topliss-reactive ketones (excluding diaryl/α,β-unsaturated/α-hetero) is 1. The van der Waals surface area contributed by atoms with Crippen LogP contribution in [-0.2, 0) is 14.6 Å². The summed E-state index contributed by atoms with van der Waals surface area (Å²) in [6.07, 6.45) is 0.452. The van der Waals surface area contributed by atoms with Gasteiger partial charge in [-0.1, -0.05) is 13.8 Å². The van der Waals surface area contributed by atoms with Crippen molar-refractivity contribution in [1.82, 2.24) is 5.32 Å². The van der Waals surface area contributed by atoms with Crippen LogP contribution in [0.25, 0.3) is 0 Å². The highest BCUT2D eigenvalue weighted by molar-refractivity contribution is 7.91. The molecule has 4 nitrogen and oxygen atoms in total. The van der Waals surface area contributed by atoms with Crippen LogP contribution >= 0.6 is 0 Å². The Labute approximate surface area is 78.6 Å². The molecule has 0 amide bonds. The van der Waals surface area contributed by atoms with Gasteiger partial charge in [-0.25, -0.2) is 8.42 Å². The Morgan fingerprint density at radius 3 is 2.54 bits per heavy atom. The Bertz CT molecular complexity index is 295. The minimum absolute atomic E-state index is 0.0103. The highest BCUT2D eigenvalue weighted by Crippen LogP contribution is 2.09. The molecule has 1 fully saturated rings. The van der Waals surface area contributed by atoms with Gasteiger partial charge in [-0.2, -0.15) is 0 Å². The number of carbonyl (C=O) groups is 1. The quantitative estimate of drug-likeness (QED) is 0.701. The van der Waals surface area contributed by atoms with Crippen LogP contribution in [0.2, 0.25) is 0 Å². The van der Waals surface area contributed by atoms with Crippen LogP contribution in [0, 0.1) is 5.92 Å². The molecule has 0 radical (unpaired) electrons. The van der Waals surface area contributed by atoms with Crippen molar-refractivity contribution in [3.8, 4) is 0 Å². The highest BCUT2D eigenvalue weighted by Gasteiger charge is 2.31. The van der Waals surface area contributed by atoms with E-state index in [1.54, 1.807) is 0 Å². The summed E-state index contributed by atoms with van der Waals surface area (Å²) in [5.74, 6) is 0.216. The average Bonchev–Trinajstić information content (AvgIpc) is 2.28. The first-order chi connectivity index (χ1) is 5.91. The van der Waals surface area contributed by atoms with Crippen LogP contribution in [0.3, 0.4) is 0 Å². The maximum Gasteiger partial charge on any atom is 0.165 e. The number of nitrogens with one attached hydrogen (secondary N) is 1. The van der Waals surface area contributed by atoms with Gasteiger partial charge in [0.2, 0.25) is 0 Å². The van der Waals surface area contributed by atoms with E-state index in [2.05, 4.69) is 5.32 Å². The van der Waals surface area contributed by atoms with E-state index >= 15 is 0 Å². The van der Waals surface area contributed by atoms with Crippen LogP contribution in [0.4, 0.5) is 0 Å². The standard InChI is InChI=1S/C8H15NO3S/c1-6(2)3-8(10)7-4-13(11,12)5-9-7/h6-7,9H,3-5H2,1-2H3. The van der Waals surface area contributed by atoms with E-state index < -0.39 is 15.9 Å². The molecule has 1 unspecified atom stereocenters. The van der Waals surface area contributed by atoms with Crippen LogP contribution < -0.4 is 5.32 Å². The van der Waals surface area contributed by atoms with Gasteiger partial charge in [-0.05, 0) is 5.92 Å². The van der Waals surface area contributed by atoms with E-state index in [9.17, 15) is 13.2 Å². The van der Waals surface area contributed by atoms with Gasteiger partial charge in [-0.15, -0.1) is 0 Å². The van der Waals surface area contributed by atoms with Crippen LogP contribution in [0.5, 0.6) is 0 Å². The normalized spacial score (nSPS) is 26.5. The Morgan fingerprint density at radius 1 is 1.54 bits per heavy atom. The zero-order valence-corrected chi connectivity index (χ0v) is 8.73. The predicted octanol–water partition coefficient (Wildman–Crippen LogP) is -0.0543. The van der Waals surface area contributed by atoms with Gasteiger partial charge < -0.3 is 0 Å². The molecule has 0 aromatic carbocycles. The minimum atomic E-state index is -3.01. The second kappa shape index (κ2) is 3.75. The first kappa shape index (κ1) is 10.7. The van der Waals surface area contributed by atoms with Gasteiger partial charge in [0.15, 0.2) is 15.6 Å². The van der Waals surface area contributed by atoms with Crippen molar-refractivity contribution >= 4 is 15.6 Å². The SMILES string of the molecule is CC(C)CC(=O)C1CS(=O)(=O)CN1. The third-order valence-electron chi connectivity index (χ3n) is 1.97. The number of carbonyl (C=O) groups excluding carboxylic acids is 1. The Balaban J connectivity index is 2.52. The molecule has 0 bridgehead atoms. The third kappa shape index (κ3) is 3.08. The molecule has 0 spiro atoms. The topological polar surface area (TPSA) is 63.2 Å². The van der Waals surface area contributed by atoms with Crippen molar-refractivity contribution in [2.75, 3.05) is 11.6 Å². The van der Waals surface area contributed by atoms with Crippen molar-refractivity contribution in [3.63, 3.8) is 0 Å². The lowest BCUT2D eigenvalue weighted by molar-refractivity contribution is -0.121. The average molecular weight is 205 g/mol. The maximum absolute atomic E-state index is 11.4. The first-order valence-corrected chi connectivity index (χ1v) is 6.19. The van der Waals surface area contributed by atoms with Gasteiger partial charge in [0.05, 0.1) is 17.7 Å². The van der Waals surface area contributed by atoms with Crippen LogP contribution in [0.15, 0.2) is 0 Å². The lowest BCUT2D eigenvalue weighted by Crippen LogP contribution is -2.33. The van der Waals surface area contributed by atoms with Gasteiger partial charge >= 0.3 is 0 Å². The summed E-state index contributed by atoms with van der Waals surface area (Å²) in [7, 11) is -3.01. The number of hydrogen-bond acceptors (Lipinski definition) is 4. The zero-order valence-electron chi connectivity index (χ0n) is 7.91. The van der Waals surface area contributed by atoms with Crippen LogP contribution in [0.1, 0.15) is 20.3 Å². The smallest absolute Gasteiger partial charge is 0.165 e. The van der Waals surface area contributed by atoms with E-state index in [1.807, 2.05) is 13.8 Å². The molecule has 76 valence electrons. The molecule has 1 aliphatic rings. The molecule has 1 atom stereocenters. The van der Waals surface area contributed by atoms with Gasteiger partial charge in [0.25, 0.3) is 0 Å². The lowest BCUT2D eigenvalue weighted by Gasteiger charge is -2.08. The second-order valence-corrected chi connectivity index (χ2v) is 5.98. The molecule has 0 aliphatic carbocycles. The summed E-state index contributed by atoms with van der Waals surface area (Å²) in [4.78, 5) is 11.4. The first-order valence-electron chi connectivity index (χ1n) is 4.37. The lowest BCUT2D eigenvalue weighted by atomic mass is 10.0. The van der Waals surface area contributed by atoms with Crippen LogP contribution in [-0.4, -0.2) is 31.9 Å². The molecule has 0 aromatic heterocycles. The van der Waals surface area contributed by atoms with E-state index in [1.165, 1.54) is 0 Å². The summed E-state index contributed by atoms with van der Waals surface area (Å²) in [6.45, 7) is 3.89. The van der Waals surface area contributed by atoms with Crippen molar-refractivity contribution in [2.24, 2.45) is 5.92 Å². The summed E-state index contributed by atoms with van der Waals surface area (Å²) >= 11 is 0. The largest absolute Gasteiger partial charge is 0.298 e. The number of hydrogen-bond donors (Lipinski definition) is 1. The summed E-state index contributed by atoms with van der Waals surface area (Å²) in [6, 6.07) is -0.465. The summed E-state index contributed by atoms with van der Waals surface area (Å²) in [5.41, 5.74) is 0. The van der Waals surface area contributed by atoms with Crippen molar-refractivity contribution in [2.45, 2.75) is 26.3 Å². The number of sulfone groups is 1. The zero-order chi connectivity index (χ0) is 10.1. The molecular formula is C8H15NO3S. The fourth-order valence-corrected chi connectivity index (χ4v) is 2.74. The fourth-order valence-electron chi connectivity index (χ4n) is 1.35. The summed E-state index contributed by atoms with van der Waals surface area (Å²) < 4.78 is 22.0. The van der Waals surface area contributed by atoms with E-state index in [0.29, 0.717) is 6.42 Å². The number of rotatable bonds is 3. The second-order valence-electron chi connectivity index (χ2n) is 3.88. The van der Waals surface area contributed by atoms with E-state index in [4.69, 9.17) is 0 Å².